The van der Waals surface area contributed by atoms with Crippen LogP contribution in [0.4, 0.5) is 22.7 Å². The third kappa shape index (κ3) is 4.34. The van der Waals surface area contributed by atoms with Crippen molar-refractivity contribution in [3.8, 4) is 0 Å². The van der Waals surface area contributed by atoms with E-state index in [1.54, 1.807) is 24.3 Å². The number of amides is 1. The number of nitrogens with zero attached hydrogens (tertiary/aromatic N) is 3. The first-order valence-electron chi connectivity index (χ1n) is 10.00. The first kappa shape index (κ1) is 20.4. The number of carbonyl (C=O) groups excluding carboxylic acids is 1. The quantitative estimate of drug-likeness (QED) is 0.571. The summed E-state index contributed by atoms with van der Waals surface area (Å²) in [5.74, 6) is -0.415. The SMILES string of the molecule is O=C(Nc1ccc(N2CCOCC2)c(Cl)c1)c1ccc(N2CCCC2)c([N+](=O)[O-])c1. The highest BCUT2D eigenvalue weighted by atomic mass is 35.5. The molecular formula is C21H23ClN4O4. The number of benzene rings is 2. The van der Waals surface area contributed by atoms with Crippen LogP contribution in [0, 0.1) is 10.1 Å². The predicted molar refractivity (Wildman–Crippen MR) is 117 cm³/mol. The number of anilines is 3. The highest BCUT2D eigenvalue weighted by molar-refractivity contribution is 6.33. The van der Waals surface area contributed by atoms with Crippen LogP contribution in [0.25, 0.3) is 0 Å². The van der Waals surface area contributed by atoms with Gasteiger partial charge in [-0.25, -0.2) is 0 Å². The number of hydrogen-bond donors (Lipinski definition) is 1. The molecule has 9 heteroatoms. The highest BCUT2D eigenvalue weighted by Crippen LogP contribution is 2.33. The molecule has 2 fully saturated rings. The van der Waals surface area contributed by atoms with Crippen molar-refractivity contribution in [3.63, 3.8) is 0 Å². The second kappa shape index (κ2) is 8.89. The summed E-state index contributed by atoms with van der Waals surface area (Å²) in [7, 11) is 0. The van der Waals surface area contributed by atoms with Gasteiger partial charge in [-0.2, -0.15) is 0 Å². The molecule has 0 radical (unpaired) electrons. The molecule has 2 aromatic rings. The standard InChI is InChI=1S/C21H23ClN4O4/c22-17-14-16(4-6-18(17)25-9-11-30-12-10-25)23-21(27)15-3-5-19(20(13-15)26(28)29)24-7-1-2-8-24/h3-6,13-14H,1-2,7-12H2,(H,23,27). The molecule has 2 saturated heterocycles. The van der Waals surface area contributed by atoms with Crippen molar-refractivity contribution in [1.82, 2.24) is 0 Å². The molecule has 0 bridgehead atoms. The van der Waals surface area contributed by atoms with Gasteiger partial charge in [0.1, 0.15) is 5.69 Å². The third-order valence-electron chi connectivity index (χ3n) is 5.44. The summed E-state index contributed by atoms with van der Waals surface area (Å²) in [6.45, 7) is 4.42. The van der Waals surface area contributed by atoms with Crippen LogP contribution in [-0.4, -0.2) is 50.2 Å². The lowest BCUT2D eigenvalue weighted by Gasteiger charge is -2.29. The molecule has 1 N–H and O–H groups in total. The molecular weight excluding hydrogens is 408 g/mol. The largest absolute Gasteiger partial charge is 0.378 e. The fraction of sp³-hybridized carbons (Fsp3) is 0.381. The summed E-state index contributed by atoms with van der Waals surface area (Å²) in [5.41, 5.74) is 2.17. The van der Waals surface area contributed by atoms with Gasteiger partial charge in [-0.1, -0.05) is 11.6 Å². The van der Waals surface area contributed by atoms with Crippen molar-refractivity contribution in [3.05, 3.63) is 57.1 Å². The third-order valence-corrected chi connectivity index (χ3v) is 5.74. The van der Waals surface area contributed by atoms with Crippen molar-refractivity contribution in [2.24, 2.45) is 0 Å². The maximum Gasteiger partial charge on any atom is 0.293 e. The van der Waals surface area contributed by atoms with Crippen LogP contribution >= 0.6 is 11.6 Å². The summed E-state index contributed by atoms with van der Waals surface area (Å²) >= 11 is 6.42. The number of rotatable bonds is 5. The Labute approximate surface area is 179 Å². The van der Waals surface area contributed by atoms with Gasteiger partial charge in [0.25, 0.3) is 11.6 Å². The Bertz CT molecular complexity index is 956. The molecule has 0 atom stereocenters. The number of hydrogen-bond acceptors (Lipinski definition) is 6. The first-order valence-corrected chi connectivity index (χ1v) is 10.4. The second-order valence-corrected chi connectivity index (χ2v) is 7.78. The van der Waals surface area contributed by atoms with E-state index in [1.165, 1.54) is 6.07 Å². The Morgan fingerprint density at radius 3 is 2.33 bits per heavy atom. The molecule has 4 rings (SSSR count). The van der Waals surface area contributed by atoms with E-state index >= 15 is 0 Å². The van der Waals surface area contributed by atoms with Crippen LogP contribution in [0.5, 0.6) is 0 Å². The van der Waals surface area contributed by atoms with Crippen LogP contribution in [0.2, 0.25) is 5.02 Å². The summed E-state index contributed by atoms with van der Waals surface area (Å²) in [6, 6.07) is 9.96. The molecule has 158 valence electrons. The van der Waals surface area contributed by atoms with Crippen molar-refractivity contribution in [2.75, 3.05) is 54.5 Å². The molecule has 1 amide bonds. The number of nitro groups is 1. The molecule has 0 spiro atoms. The molecule has 0 saturated carbocycles. The van der Waals surface area contributed by atoms with Gasteiger partial charge in [-0.05, 0) is 43.2 Å². The fourth-order valence-corrected chi connectivity index (χ4v) is 4.19. The summed E-state index contributed by atoms with van der Waals surface area (Å²) < 4.78 is 5.36. The molecule has 0 aromatic heterocycles. The van der Waals surface area contributed by atoms with E-state index in [0.29, 0.717) is 29.6 Å². The van der Waals surface area contributed by atoms with Gasteiger partial charge < -0.3 is 19.9 Å². The Kier molecular flexibility index (Phi) is 6.06. The fourth-order valence-electron chi connectivity index (χ4n) is 3.88. The van der Waals surface area contributed by atoms with Gasteiger partial charge >= 0.3 is 0 Å². The van der Waals surface area contributed by atoms with Crippen LogP contribution in [-0.2, 0) is 4.74 Å². The van der Waals surface area contributed by atoms with Gasteiger partial charge in [0.05, 0.1) is 28.8 Å². The van der Waals surface area contributed by atoms with Crippen LogP contribution in [0.3, 0.4) is 0 Å². The summed E-state index contributed by atoms with van der Waals surface area (Å²) in [5, 5.41) is 14.9. The number of nitro benzene ring substituents is 1. The number of halogens is 1. The van der Waals surface area contributed by atoms with E-state index in [9.17, 15) is 14.9 Å². The smallest absolute Gasteiger partial charge is 0.293 e. The van der Waals surface area contributed by atoms with E-state index in [-0.39, 0.29) is 11.3 Å². The number of morpholine rings is 1. The second-order valence-electron chi connectivity index (χ2n) is 7.37. The van der Waals surface area contributed by atoms with Gasteiger partial charge in [0.15, 0.2) is 0 Å². The van der Waals surface area contributed by atoms with Crippen molar-refractivity contribution in [1.29, 1.82) is 0 Å². The normalized spacial score (nSPS) is 16.6. The average Bonchev–Trinajstić information content (AvgIpc) is 3.29. The van der Waals surface area contributed by atoms with Crippen LogP contribution in [0.15, 0.2) is 36.4 Å². The van der Waals surface area contributed by atoms with Crippen molar-refractivity contribution >= 4 is 40.3 Å². The Hall–Kier alpha value is -2.84. The molecule has 30 heavy (non-hydrogen) atoms. The first-order chi connectivity index (χ1) is 14.5. The molecule has 2 aromatic carbocycles. The number of ether oxygens (including phenoxy) is 1. The highest BCUT2D eigenvalue weighted by Gasteiger charge is 2.24. The molecule has 2 aliphatic rings. The minimum absolute atomic E-state index is 0.0507. The van der Waals surface area contributed by atoms with Crippen molar-refractivity contribution in [2.45, 2.75) is 12.8 Å². The Morgan fingerprint density at radius 1 is 1.00 bits per heavy atom. The number of nitrogens with one attached hydrogen (secondary N) is 1. The summed E-state index contributed by atoms with van der Waals surface area (Å²) in [6.07, 6.45) is 2.03. The minimum atomic E-state index is -0.432. The van der Waals surface area contributed by atoms with Gasteiger partial charge in [-0.3, -0.25) is 14.9 Å². The maximum absolute atomic E-state index is 12.7. The van der Waals surface area contributed by atoms with Gasteiger partial charge in [0.2, 0.25) is 0 Å². The monoisotopic (exact) mass is 430 g/mol. The van der Waals surface area contributed by atoms with Crippen LogP contribution in [0.1, 0.15) is 23.2 Å². The van der Waals surface area contributed by atoms with Gasteiger partial charge in [0, 0.05) is 43.5 Å². The molecule has 8 nitrogen and oxygen atoms in total. The zero-order valence-corrected chi connectivity index (χ0v) is 17.2. The lowest BCUT2D eigenvalue weighted by atomic mass is 10.1. The van der Waals surface area contributed by atoms with Crippen LogP contribution < -0.4 is 15.1 Å². The van der Waals surface area contributed by atoms with Gasteiger partial charge in [-0.15, -0.1) is 0 Å². The predicted octanol–water partition coefficient (Wildman–Crippen LogP) is 3.94. The number of carbonyl (C=O) groups is 1. The maximum atomic E-state index is 12.7. The van der Waals surface area contributed by atoms with E-state index in [2.05, 4.69) is 10.2 Å². The Balaban J connectivity index is 1.51. The lowest BCUT2D eigenvalue weighted by molar-refractivity contribution is -0.384. The Morgan fingerprint density at radius 2 is 1.67 bits per heavy atom. The zero-order chi connectivity index (χ0) is 21.1. The van der Waals surface area contributed by atoms with E-state index in [1.807, 2.05) is 11.0 Å². The van der Waals surface area contributed by atoms with E-state index in [0.717, 1.165) is 44.7 Å². The van der Waals surface area contributed by atoms with E-state index < -0.39 is 10.8 Å². The summed E-state index contributed by atoms with van der Waals surface area (Å²) in [4.78, 5) is 28.0. The zero-order valence-electron chi connectivity index (χ0n) is 16.5. The molecule has 2 aliphatic heterocycles. The lowest BCUT2D eigenvalue weighted by Crippen LogP contribution is -2.36. The molecule has 0 aliphatic carbocycles. The minimum Gasteiger partial charge on any atom is -0.378 e. The van der Waals surface area contributed by atoms with E-state index in [4.69, 9.17) is 16.3 Å². The average molecular weight is 431 g/mol. The van der Waals surface area contributed by atoms with Crippen molar-refractivity contribution < 1.29 is 14.5 Å². The molecule has 0 unspecified atom stereocenters. The topological polar surface area (TPSA) is 88.0 Å². The molecule has 2 heterocycles.